The summed E-state index contributed by atoms with van der Waals surface area (Å²) in [6.45, 7) is 8.21. The molecule has 5 fully saturated rings. The van der Waals surface area contributed by atoms with Crippen molar-refractivity contribution in [1.29, 1.82) is 0 Å². The summed E-state index contributed by atoms with van der Waals surface area (Å²) in [7, 11) is -2.93. The van der Waals surface area contributed by atoms with Gasteiger partial charge in [0.2, 0.25) is 0 Å². The highest BCUT2D eigenvalue weighted by Gasteiger charge is 2.66. The van der Waals surface area contributed by atoms with Gasteiger partial charge in [-0.05, 0) is 60.7 Å². The molecule has 39 heavy (non-hydrogen) atoms. The Morgan fingerprint density at radius 3 is 2.49 bits per heavy atom. The van der Waals surface area contributed by atoms with Crippen molar-refractivity contribution in [3.8, 4) is 0 Å². The summed E-state index contributed by atoms with van der Waals surface area (Å²) in [5.74, 6) is 1.26. The van der Waals surface area contributed by atoms with Crippen molar-refractivity contribution in [1.82, 2.24) is 4.90 Å². The third-order valence-electron chi connectivity index (χ3n) is 11.8. The van der Waals surface area contributed by atoms with Crippen LogP contribution in [0, 0.1) is 46.3 Å². The zero-order valence-electron chi connectivity index (χ0n) is 23.8. The molecule has 1 saturated heterocycles. The van der Waals surface area contributed by atoms with Crippen LogP contribution in [-0.2, 0) is 33.8 Å². The van der Waals surface area contributed by atoms with Gasteiger partial charge in [0.15, 0.2) is 9.84 Å². The lowest BCUT2D eigenvalue weighted by molar-refractivity contribution is -0.166. The molecule has 0 bridgehead atoms. The first-order valence-corrected chi connectivity index (χ1v) is 16.8. The molecule has 0 aromatic rings. The third-order valence-corrected chi connectivity index (χ3v) is 13.4. The van der Waals surface area contributed by atoms with Crippen LogP contribution < -0.4 is 0 Å². The molecule has 0 amide bonds. The molecule has 218 valence electrons. The maximum atomic E-state index is 13.9. The van der Waals surface area contributed by atoms with Gasteiger partial charge in [0.05, 0.1) is 11.5 Å². The molecule has 5 aliphatic rings. The topological polar surface area (TPSA) is 115 Å². The lowest BCUT2D eigenvalue weighted by Gasteiger charge is -2.58. The number of ether oxygens (including phenoxy) is 1. The number of fused-ring (bicyclic) bond motifs is 5. The van der Waals surface area contributed by atoms with E-state index in [1.54, 1.807) is 0 Å². The molecule has 0 radical (unpaired) electrons. The molecule has 5 rings (SSSR count). The molecular formula is C30H45NO7S. The van der Waals surface area contributed by atoms with Crippen LogP contribution in [0.25, 0.3) is 0 Å². The number of carbonyl (C=O) groups excluding carboxylic acids is 4. The first kappa shape index (κ1) is 28.9. The number of hydrogen-bond acceptors (Lipinski definition) is 8. The second kappa shape index (κ2) is 10.7. The fraction of sp³-hybridized carbons (Fsp3) is 0.867. The SMILES string of the molecule is CC(CCC(=O)OCCN1CCS(=O)(=O)CC1)[C@H]1CC[C@H]2[C@@H]3C(=O)C[C@@H]4CC(=O)CC[C@]4(C)[C@H]3CC(=O)[C@]12C. The summed E-state index contributed by atoms with van der Waals surface area (Å²) in [4.78, 5) is 54.1. The standard InChI is InChI=1S/C30H45NO7S/c1-19(4-7-27(35)38-13-10-31-11-14-39(36,37)15-12-31)22-5-6-23-28-24(18-26(34)30(22,23)3)29(2)9-8-21(32)16-20(29)17-25(28)33/h19-20,22-24,28H,4-18H2,1-3H3/t19?,20-,22+,23-,24-,28-,29-,30+/m0/s1. The van der Waals surface area contributed by atoms with Crippen molar-refractivity contribution in [3.05, 3.63) is 0 Å². The highest BCUT2D eigenvalue weighted by atomic mass is 32.2. The van der Waals surface area contributed by atoms with E-state index in [4.69, 9.17) is 4.74 Å². The van der Waals surface area contributed by atoms with E-state index in [0.29, 0.717) is 58.2 Å². The molecule has 1 heterocycles. The average Bonchev–Trinajstić information content (AvgIpc) is 3.24. The minimum absolute atomic E-state index is 0.0477. The highest BCUT2D eigenvalue weighted by Crippen LogP contribution is 2.66. The van der Waals surface area contributed by atoms with Crippen LogP contribution in [0.5, 0.6) is 0 Å². The number of nitrogens with zero attached hydrogens (tertiary/aromatic N) is 1. The van der Waals surface area contributed by atoms with E-state index in [2.05, 4.69) is 20.8 Å². The van der Waals surface area contributed by atoms with Crippen LogP contribution in [0.1, 0.15) is 78.6 Å². The largest absolute Gasteiger partial charge is 0.464 e. The first-order valence-electron chi connectivity index (χ1n) is 15.0. The number of carbonyl (C=O) groups is 4. The second-order valence-corrected chi connectivity index (χ2v) is 16.0. The number of sulfone groups is 1. The maximum Gasteiger partial charge on any atom is 0.305 e. The molecule has 1 unspecified atom stereocenters. The lowest BCUT2D eigenvalue weighted by atomic mass is 9.44. The van der Waals surface area contributed by atoms with Gasteiger partial charge in [-0.2, -0.15) is 0 Å². The Morgan fingerprint density at radius 1 is 1.05 bits per heavy atom. The van der Waals surface area contributed by atoms with E-state index < -0.39 is 15.3 Å². The van der Waals surface area contributed by atoms with Gasteiger partial charge in [-0.3, -0.25) is 24.1 Å². The summed E-state index contributed by atoms with van der Waals surface area (Å²) < 4.78 is 28.6. The van der Waals surface area contributed by atoms with E-state index in [1.165, 1.54) is 0 Å². The highest BCUT2D eigenvalue weighted by molar-refractivity contribution is 7.91. The number of ketones is 3. The Balaban J connectivity index is 1.17. The Hall–Kier alpha value is -1.61. The number of esters is 1. The van der Waals surface area contributed by atoms with E-state index in [1.807, 2.05) is 4.90 Å². The fourth-order valence-corrected chi connectivity index (χ4v) is 10.5. The van der Waals surface area contributed by atoms with E-state index in [-0.39, 0.29) is 82.4 Å². The van der Waals surface area contributed by atoms with Gasteiger partial charge < -0.3 is 4.74 Å². The van der Waals surface area contributed by atoms with Crippen LogP contribution in [0.4, 0.5) is 0 Å². The molecule has 4 saturated carbocycles. The van der Waals surface area contributed by atoms with Crippen molar-refractivity contribution >= 4 is 33.2 Å². The smallest absolute Gasteiger partial charge is 0.305 e. The van der Waals surface area contributed by atoms with E-state index >= 15 is 0 Å². The predicted octanol–water partition coefficient (Wildman–Crippen LogP) is 3.26. The van der Waals surface area contributed by atoms with Crippen molar-refractivity contribution in [3.63, 3.8) is 0 Å². The second-order valence-electron chi connectivity index (χ2n) is 13.7. The van der Waals surface area contributed by atoms with Crippen molar-refractivity contribution in [2.24, 2.45) is 46.3 Å². The molecule has 1 aliphatic heterocycles. The molecule has 0 N–H and O–H groups in total. The lowest BCUT2D eigenvalue weighted by Crippen LogP contribution is -2.60. The Kier molecular flexibility index (Phi) is 7.90. The Bertz CT molecular complexity index is 1120. The molecule has 0 spiro atoms. The molecule has 0 aromatic heterocycles. The quantitative estimate of drug-likeness (QED) is 0.434. The summed E-state index contributed by atoms with van der Waals surface area (Å²) in [6.07, 6.45) is 5.46. The first-order chi connectivity index (χ1) is 18.3. The third kappa shape index (κ3) is 5.27. The Labute approximate surface area is 232 Å². The van der Waals surface area contributed by atoms with Gasteiger partial charge >= 0.3 is 5.97 Å². The number of rotatable bonds is 7. The average molecular weight is 564 g/mol. The van der Waals surface area contributed by atoms with E-state index in [0.717, 1.165) is 19.3 Å². The fourth-order valence-electron chi connectivity index (χ4n) is 9.27. The number of Topliss-reactive ketones (excluding diaryl/α,β-unsaturated/α-hetero) is 3. The zero-order valence-corrected chi connectivity index (χ0v) is 24.6. The number of hydrogen-bond donors (Lipinski definition) is 0. The molecule has 0 aromatic carbocycles. The molecular weight excluding hydrogens is 518 g/mol. The molecule has 9 heteroatoms. The monoisotopic (exact) mass is 563 g/mol. The predicted molar refractivity (Wildman–Crippen MR) is 145 cm³/mol. The van der Waals surface area contributed by atoms with Crippen LogP contribution in [0.2, 0.25) is 0 Å². The van der Waals surface area contributed by atoms with Gasteiger partial charge in [0, 0.05) is 63.1 Å². The summed E-state index contributed by atoms with van der Waals surface area (Å²) >= 11 is 0. The van der Waals surface area contributed by atoms with Crippen molar-refractivity contribution in [2.75, 3.05) is 37.7 Å². The zero-order chi connectivity index (χ0) is 28.2. The summed E-state index contributed by atoms with van der Waals surface area (Å²) in [6, 6.07) is 0. The molecule has 8 nitrogen and oxygen atoms in total. The van der Waals surface area contributed by atoms with Crippen LogP contribution in [-0.4, -0.2) is 74.4 Å². The summed E-state index contributed by atoms with van der Waals surface area (Å²) in [5, 5.41) is 0. The normalized spacial score (nSPS) is 40.9. The van der Waals surface area contributed by atoms with Gasteiger partial charge in [-0.15, -0.1) is 0 Å². The molecule has 4 aliphatic carbocycles. The van der Waals surface area contributed by atoms with Crippen molar-refractivity contribution < 1.29 is 32.3 Å². The van der Waals surface area contributed by atoms with Crippen LogP contribution in [0.3, 0.4) is 0 Å². The minimum Gasteiger partial charge on any atom is -0.464 e. The van der Waals surface area contributed by atoms with Gasteiger partial charge in [0.1, 0.15) is 24.0 Å². The Morgan fingerprint density at radius 2 is 1.77 bits per heavy atom. The maximum absolute atomic E-state index is 13.9. The molecule has 8 atom stereocenters. The van der Waals surface area contributed by atoms with Gasteiger partial charge in [-0.1, -0.05) is 20.8 Å². The van der Waals surface area contributed by atoms with Crippen LogP contribution in [0.15, 0.2) is 0 Å². The van der Waals surface area contributed by atoms with E-state index in [9.17, 15) is 27.6 Å². The van der Waals surface area contributed by atoms with Gasteiger partial charge in [0.25, 0.3) is 0 Å². The van der Waals surface area contributed by atoms with Gasteiger partial charge in [-0.25, -0.2) is 8.42 Å². The summed E-state index contributed by atoms with van der Waals surface area (Å²) in [5.41, 5.74) is -0.651. The van der Waals surface area contributed by atoms with Crippen LogP contribution >= 0.6 is 0 Å². The van der Waals surface area contributed by atoms with Crippen molar-refractivity contribution in [2.45, 2.75) is 78.6 Å². The minimum atomic E-state index is -2.93.